The summed E-state index contributed by atoms with van der Waals surface area (Å²) in [5.74, 6) is -7.40. The summed E-state index contributed by atoms with van der Waals surface area (Å²) < 4.78 is 40.9. The van der Waals surface area contributed by atoms with Crippen molar-refractivity contribution in [3.63, 3.8) is 0 Å². The van der Waals surface area contributed by atoms with E-state index in [0.717, 1.165) is 12.8 Å². The van der Waals surface area contributed by atoms with Crippen LogP contribution in [0.1, 0.15) is 33.6 Å². The maximum Gasteiger partial charge on any atom is 0.308 e. The number of nitrogens with one attached hydrogen (secondary N) is 1. The van der Waals surface area contributed by atoms with Crippen molar-refractivity contribution < 1.29 is 27.7 Å². The first-order chi connectivity index (χ1) is 13.3. The van der Waals surface area contributed by atoms with Crippen molar-refractivity contribution in [1.29, 1.82) is 0 Å². The molecule has 0 atom stereocenters. The second-order valence-electron chi connectivity index (χ2n) is 6.18. The molecule has 1 N–H and O–H groups in total. The van der Waals surface area contributed by atoms with Crippen molar-refractivity contribution in [2.45, 2.75) is 12.8 Å². The van der Waals surface area contributed by atoms with Crippen molar-refractivity contribution in [2.24, 2.45) is 0 Å². The molecule has 0 bridgehead atoms. The van der Waals surface area contributed by atoms with Crippen LogP contribution in [-0.2, 0) is 0 Å². The molecule has 0 aromatic heterocycles. The van der Waals surface area contributed by atoms with Gasteiger partial charge in [-0.1, -0.05) is 6.07 Å². The van der Waals surface area contributed by atoms with Gasteiger partial charge < -0.3 is 10.2 Å². The maximum absolute atomic E-state index is 13.9. The zero-order valence-corrected chi connectivity index (χ0v) is 14.4. The first-order valence-corrected chi connectivity index (χ1v) is 8.32. The number of hydrogen-bond donors (Lipinski definition) is 1. The predicted octanol–water partition coefficient (Wildman–Crippen LogP) is 3.50. The molecular weight excluding hydrogens is 379 g/mol. The molecule has 1 heterocycles. The van der Waals surface area contributed by atoms with E-state index in [1.807, 2.05) is 0 Å². The summed E-state index contributed by atoms with van der Waals surface area (Å²) in [7, 11) is 0. The van der Waals surface area contributed by atoms with Crippen LogP contribution in [0, 0.1) is 27.6 Å². The number of likely N-dealkylation sites (tertiary alicyclic amines) is 1. The average molecular weight is 393 g/mol. The number of carbonyl (C=O) groups excluding carboxylic acids is 2. The monoisotopic (exact) mass is 393 g/mol. The molecule has 1 aliphatic heterocycles. The zero-order chi connectivity index (χ0) is 20.4. The van der Waals surface area contributed by atoms with Crippen molar-refractivity contribution >= 4 is 23.2 Å². The number of nitro groups is 1. The molecular formula is C18H14F3N3O4. The van der Waals surface area contributed by atoms with Gasteiger partial charge in [-0.15, -0.1) is 0 Å². The number of hydrogen-bond acceptors (Lipinski definition) is 4. The van der Waals surface area contributed by atoms with E-state index < -0.39 is 39.5 Å². The Kier molecular flexibility index (Phi) is 5.30. The molecule has 1 fully saturated rings. The summed E-state index contributed by atoms with van der Waals surface area (Å²) in [6.07, 6.45) is 1.80. The van der Waals surface area contributed by atoms with Gasteiger partial charge in [0.2, 0.25) is 11.6 Å². The molecule has 1 saturated heterocycles. The molecule has 2 aromatic carbocycles. The summed E-state index contributed by atoms with van der Waals surface area (Å²) in [6.45, 7) is 1.25. The van der Waals surface area contributed by atoms with E-state index in [2.05, 4.69) is 5.32 Å². The molecule has 0 aliphatic carbocycles. The van der Waals surface area contributed by atoms with E-state index in [1.54, 1.807) is 11.0 Å². The standard InChI is InChI=1S/C18H14F3N3O4/c19-14-12(9-13(24(27)28)15(20)16(14)21)17(25)22-11-5-3-4-10(8-11)18(26)23-6-1-2-7-23/h3-5,8-9H,1-2,6-7H2,(H,22,25). The average Bonchev–Trinajstić information content (AvgIpc) is 3.20. The topological polar surface area (TPSA) is 92.6 Å². The van der Waals surface area contributed by atoms with Gasteiger partial charge in [-0.05, 0) is 31.0 Å². The second-order valence-corrected chi connectivity index (χ2v) is 6.18. The van der Waals surface area contributed by atoms with Crippen LogP contribution in [0.25, 0.3) is 0 Å². The van der Waals surface area contributed by atoms with E-state index in [1.165, 1.54) is 18.2 Å². The van der Waals surface area contributed by atoms with Crippen LogP contribution < -0.4 is 5.32 Å². The molecule has 10 heteroatoms. The summed E-state index contributed by atoms with van der Waals surface area (Å²) in [5, 5.41) is 13.0. The number of carbonyl (C=O) groups is 2. The number of amides is 2. The van der Waals surface area contributed by atoms with Gasteiger partial charge in [0.05, 0.1) is 10.5 Å². The van der Waals surface area contributed by atoms with E-state index in [-0.39, 0.29) is 17.2 Å². The third-order valence-electron chi connectivity index (χ3n) is 4.33. The van der Waals surface area contributed by atoms with E-state index >= 15 is 0 Å². The number of rotatable bonds is 4. The number of halogens is 3. The largest absolute Gasteiger partial charge is 0.339 e. The Bertz CT molecular complexity index is 975. The van der Waals surface area contributed by atoms with Gasteiger partial charge in [-0.2, -0.15) is 4.39 Å². The van der Waals surface area contributed by atoms with Gasteiger partial charge in [-0.25, -0.2) is 8.78 Å². The predicted molar refractivity (Wildman–Crippen MR) is 92.5 cm³/mol. The summed E-state index contributed by atoms with van der Waals surface area (Å²) in [4.78, 5) is 35.8. The molecule has 2 aromatic rings. The highest BCUT2D eigenvalue weighted by Gasteiger charge is 2.28. The van der Waals surface area contributed by atoms with E-state index in [9.17, 15) is 32.9 Å². The molecule has 3 rings (SSSR count). The smallest absolute Gasteiger partial charge is 0.308 e. The van der Waals surface area contributed by atoms with Crippen LogP contribution in [0.4, 0.5) is 24.5 Å². The van der Waals surface area contributed by atoms with Crippen molar-refractivity contribution in [1.82, 2.24) is 4.90 Å². The van der Waals surface area contributed by atoms with E-state index in [0.29, 0.717) is 19.2 Å². The zero-order valence-electron chi connectivity index (χ0n) is 14.4. The lowest BCUT2D eigenvalue weighted by atomic mass is 10.1. The van der Waals surface area contributed by atoms with Gasteiger partial charge in [-0.3, -0.25) is 19.7 Å². The minimum Gasteiger partial charge on any atom is -0.339 e. The highest BCUT2D eigenvalue weighted by Crippen LogP contribution is 2.26. The van der Waals surface area contributed by atoms with Crippen LogP contribution in [0.15, 0.2) is 30.3 Å². The Hall–Kier alpha value is -3.43. The first-order valence-electron chi connectivity index (χ1n) is 8.32. The molecule has 1 aliphatic rings. The number of benzene rings is 2. The van der Waals surface area contributed by atoms with Gasteiger partial charge >= 0.3 is 5.69 Å². The highest BCUT2D eigenvalue weighted by molar-refractivity contribution is 6.05. The SMILES string of the molecule is O=C(Nc1cccc(C(=O)N2CCCC2)c1)c1cc([N+](=O)[O-])c(F)c(F)c1F. The minimum atomic E-state index is -2.11. The fraction of sp³-hybridized carbons (Fsp3) is 0.222. The molecule has 0 radical (unpaired) electrons. The molecule has 0 unspecified atom stereocenters. The van der Waals surface area contributed by atoms with Crippen LogP contribution in [0.2, 0.25) is 0 Å². The Morgan fingerprint density at radius 2 is 1.71 bits per heavy atom. The maximum atomic E-state index is 13.9. The fourth-order valence-electron chi connectivity index (χ4n) is 2.92. The Labute approximate surface area is 156 Å². The second kappa shape index (κ2) is 7.67. The lowest BCUT2D eigenvalue weighted by Crippen LogP contribution is -2.27. The van der Waals surface area contributed by atoms with Crippen LogP contribution in [0.3, 0.4) is 0 Å². The Balaban J connectivity index is 1.87. The Morgan fingerprint density at radius 3 is 2.36 bits per heavy atom. The normalized spacial score (nSPS) is 13.5. The van der Waals surface area contributed by atoms with Crippen LogP contribution >= 0.6 is 0 Å². The fourth-order valence-corrected chi connectivity index (χ4v) is 2.92. The summed E-state index contributed by atoms with van der Waals surface area (Å²) in [5.41, 5.74) is -2.00. The van der Waals surface area contributed by atoms with Crippen LogP contribution in [0.5, 0.6) is 0 Å². The van der Waals surface area contributed by atoms with Crippen molar-refractivity contribution in [3.05, 3.63) is 69.0 Å². The summed E-state index contributed by atoms with van der Waals surface area (Å²) >= 11 is 0. The quantitative estimate of drug-likeness (QED) is 0.489. The van der Waals surface area contributed by atoms with Gasteiger partial charge in [0.1, 0.15) is 0 Å². The third kappa shape index (κ3) is 3.66. The number of anilines is 1. The minimum absolute atomic E-state index is 0.0989. The third-order valence-corrected chi connectivity index (χ3v) is 4.33. The Morgan fingerprint density at radius 1 is 1.04 bits per heavy atom. The van der Waals surface area contributed by atoms with Crippen LogP contribution in [-0.4, -0.2) is 34.7 Å². The molecule has 0 saturated carbocycles. The molecule has 7 nitrogen and oxygen atoms in total. The molecule has 0 spiro atoms. The van der Waals surface area contributed by atoms with E-state index in [4.69, 9.17) is 0 Å². The van der Waals surface area contributed by atoms with Gasteiger partial charge in [0.15, 0.2) is 5.82 Å². The number of nitro benzene ring substituents is 1. The lowest BCUT2D eigenvalue weighted by Gasteiger charge is -2.16. The lowest BCUT2D eigenvalue weighted by molar-refractivity contribution is -0.387. The van der Waals surface area contributed by atoms with Crippen molar-refractivity contribution in [3.8, 4) is 0 Å². The molecule has 146 valence electrons. The molecule has 28 heavy (non-hydrogen) atoms. The molecule has 2 amide bonds. The highest BCUT2D eigenvalue weighted by atomic mass is 19.2. The summed E-state index contributed by atoms with van der Waals surface area (Å²) in [6, 6.07) is 6.11. The first kappa shape index (κ1) is 19.3. The van der Waals surface area contributed by atoms with Gasteiger partial charge in [0, 0.05) is 30.4 Å². The number of nitrogens with zero attached hydrogens (tertiary/aromatic N) is 2. The van der Waals surface area contributed by atoms with Gasteiger partial charge in [0.25, 0.3) is 11.8 Å². The van der Waals surface area contributed by atoms with Crippen molar-refractivity contribution in [2.75, 3.05) is 18.4 Å².